The van der Waals surface area contributed by atoms with Crippen LogP contribution in [0.15, 0.2) is 42.6 Å². The molecule has 2 N–H and O–H groups in total. The fourth-order valence-electron chi connectivity index (χ4n) is 3.06. The Morgan fingerprint density at radius 2 is 1.85 bits per heavy atom. The van der Waals surface area contributed by atoms with Crippen molar-refractivity contribution in [2.75, 3.05) is 62.4 Å². The molecule has 0 atom stereocenters. The molecule has 7 nitrogen and oxygen atoms in total. The molecular weight excluding hydrogens is 340 g/mol. The number of rotatable bonds is 5. The number of carbonyl (C=O) groups excluding carboxylic acids is 1. The van der Waals surface area contributed by atoms with Crippen LogP contribution in [0.1, 0.15) is 5.56 Å². The Hall–Kier alpha value is -2.80. The number of likely N-dealkylation sites (N-methyl/N-ethyl adjacent to an activating group) is 1. The number of benzene rings is 1. The largest absolute Gasteiger partial charge is 0.376 e. The van der Waals surface area contributed by atoms with Crippen LogP contribution >= 0.6 is 0 Å². The van der Waals surface area contributed by atoms with Crippen LogP contribution in [0.25, 0.3) is 0 Å². The summed E-state index contributed by atoms with van der Waals surface area (Å²) in [6, 6.07) is 11.5. The quantitative estimate of drug-likeness (QED) is 0.847. The monoisotopic (exact) mass is 368 g/mol. The Kier molecular flexibility index (Phi) is 6.13. The number of nitrogens with zero attached hydrogens (tertiary/aromatic N) is 4. The molecule has 1 aliphatic rings. The standard InChI is InChI=1S/C20H28N6O/c1-24(2)18-7-5-4-6-17(18)23-20(27)22-15-16-8-9-19(21-14-16)26-12-10-25(3)11-13-26/h4-9,14H,10-13,15H2,1-3H3,(H2,22,23,27). The first-order valence-electron chi connectivity index (χ1n) is 9.22. The van der Waals surface area contributed by atoms with E-state index in [-0.39, 0.29) is 6.03 Å². The second-order valence-electron chi connectivity index (χ2n) is 7.03. The van der Waals surface area contributed by atoms with Crippen LogP contribution in [0.5, 0.6) is 0 Å². The van der Waals surface area contributed by atoms with E-state index in [4.69, 9.17) is 0 Å². The van der Waals surface area contributed by atoms with Gasteiger partial charge in [-0.2, -0.15) is 0 Å². The first-order valence-corrected chi connectivity index (χ1v) is 9.22. The van der Waals surface area contributed by atoms with E-state index in [0.29, 0.717) is 6.54 Å². The van der Waals surface area contributed by atoms with Gasteiger partial charge >= 0.3 is 6.03 Å². The predicted octanol–water partition coefficient (Wildman–Crippen LogP) is 2.22. The lowest BCUT2D eigenvalue weighted by molar-refractivity contribution is 0.251. The van der Waals surface area contributed by atoms with Gasteiger partial charge in [-0.15, -0.1) is 0 Å². The van der Waals surface area contributed by atoms with Crippen molar-refractivity contribution >= 4 is 23.2 Å². The zero-order valence-electron chi connectivity index (χ0n) is 16.3. The third-order valence-corrected chi connectivity index (χ3v) is 4.72. The number of piperazine rings is 1. The summed E-state index contributed by atoms with van der Waals surface area (Å²) in [4.78, 5) is 23.4. The second kappa shape index (κ2) is 8.73. The zero-order valence-corrected chi connectivity index (χ0v) is 16.3. The molecule has 1 fully saturated rings. The van der Waals surface area contributed by atoms with Gasteiger partial charge in [-0.3, -0.25) is 0 Å². The van der Waals surface area contributed by atoms with E-state index in [1.165, 1.54) is 0 Å². The van der Waals surface area contributed by atoms with E-state index in [0.717, 1.165) is 48.9 Å². The maximum absolute atomic E-state index is 12.2. The zero-order chi connectivity index (χ0) is 19.2. The molecule has 2 aromatic rings. The highest BCUT2D eigenvalue weighted by Gasteiger charge is 2.15. The van der Waals surface area contributed by atoms with Gasteiger partial charge in [0.15, 0.2) is 0 Å². The Balaban J connectivity index is 1.52. The van der Waals surface area contributed by atoms with Gasteiger partial charge in [0.1, 0.15) is 5.82 Å². The van der Waals surface area contributed by atoms with Gasteiger partial charge in [0.05, 0.1) is 11.4 Å². The van der Waals surface area contributed by atoms with Crippen molar-refractivity contribution in [3.8, 4) is 0 Å². The summed E-state index contributed by atoms with van der Waals surface area (Å²) in [5.74, 6) is 0.996. The number of aromatic nitrogens is 1. The fourth-order valence-corrected chi connectivity index (χ4v) is 3.06. The van der Waals surface area contributed by atoms with Crippen LogP contribution in [0.4, 0.5) is 22.0 Å². The normalized spacial score (nSPS) is 14.7. The van der Waals surface area contributed by atoms with Crippen molar-refractivity contribution < 1.29 is 4.79 Å². The molecule has 1 aromatic heterocycles. The van der Waals surface area contributed by atoms with E-state index in [2.05, 4.69) is 32.5 Å². The molecule has 2 amide bonds. The lowest BCUT2D eigenvalue weighted by atomic mass is 10.2. The Morgan fingerprint density at radius 3 is 2.52 bits per heavy atom. The molecule has 144 valence electrons. The molecule has 0 unspecified atom stereocenters. The van der Waals surface area contributed by atoms with Crippen molar-refractivity contribution in [1.29, 1.82) is 0 Å². The first-order chi connectivity index (χ1) is 13.0. The summed E-state index contributed by atoms with van der Waals surface area (Å²) in [5, 5.41) is 5.79. The molecule has 0 saturated carbocycles. The highest BCUT2D eigenvalue weighted by molar-refractivity contribution is 5.93. The number of hydrogen-bond donors (Lipinski definition) is 2. The summed E-state index contributed by atoms with van der Waals surface area (Å²) in [6.45, 7) is 4.54. The number of urea groups is 1. The van der Waals surface area contributed by atoms with Gasteiger partial charge < -0.3 is 25.3 Å². The maximum atomic E-state index is 12.2. The van der Waals surface area contributed by atoms with Gasteiger partial charge in [-0.05, 0) is 30.8 Å². The van der Waals surface area contributed by atoms with Gasteiger partial charge in [0.25, 0.3) is 0 Å². The van der Waals surface area contributed by atoms with E-state index in [9.17, 15) is 4.79 Å². The number of pyridine rings is 1. The number of nitrogens with one attached hydrogen (secondary N) is 2. The number of para-hydroxylation sites is 2. The summed E-state index contributed by atoms with van der Waals surface area (Å²) < 4.78 is 0. The number of hydrogen-bond acceptors (Lipinski definition) is 5. The van der Waals surface area contributed by atoms with Crippen LogP contribution in [0.2, 0.25) is 0 Å². The third kappa shape index (κ3) is 5.10. The number of carbonyl (C=O) groups is 1. The predicted molar refractivity (Wildman–Crippen MR) is 111 cm³/mol. The van der Waals surface area contributed by atoms with Gasteiger partial charge in [0, 0.05) is 53.0 Å². The minimum absolute atomic E-state index is 0.229. The molecule has 0 radical (unpaired) electrons. The number of amides is 2. The van der Waals surface area contributed by atoms with Gasteiger partial charge in [-0.25, -0.2) is 9.78 Å². The summed E-state index contributed by atoms with van der Waals surface area (Å²) in [5.41, 5.74) is 2.72. The second-order valence-corrected chi connectivity index (χ2v) is 7.03. The molecule has 2 heterocycles. The van der Waals surface area contributed by atoms with Crippen LogP contribution in [0.3, 0.4) is 0 Å². The average Bonchev–Trinajstić information content (AvgIpc) is 2.68. The summed E-state index contributed by atoms with van der Waals surface area (Å²) >= 11 is 0. The Morgan fingerprint density at radius 1 is 1.11 bits per heavy atom. The Bertz CT molecular complexity index is 753. The minimum atomic E-state index is -0.229. The average molecular weight is 368 g/mol. The van der Waals surface area contributed by atoms with Crippen molar-refractivity contribution in [3.05, 3.63) is 48.2 Å². The highest BCUT2D eigenvalue weighted by Crippen LogP contribution is 2.23. The molecule has 3 rings (SSSR count). The first kappa shape index (κ1) is 19.0. The van der Waals surface area contributed by atoms with Crippen LogP contribution in [-0.4, -0.2) is 63.2 Å². The van der Waals surface area contributed by atoms with E-state index in [1.807, 2.05) is 61.6 Å². The summed E-state index contributed by atoms with van der Waals surface area (Å²) in [7, 11) is 6.04. The maximum Gasteiger partial charge on any atom is 0.319 e. The van der Waals surface area contributed by atoms with E-state index in [1.54, 1.807) is 0 Å². The topological polar surface area (TPSA) is 63.7 Å². The lowest BCUT2D eigenvalue weighted by Crippen LogP contribution is -2.44. The molecular formula is C20H28N6O. The summed E-state index contributed by atoms with van der Waals surface area (Å²) in [6.07, 6.45) is 1.84. The van der Waals surface area contributed by atoms with Crippen molar-refractivity contribution in [1.82, 2.24) is 15.2 Å². The van der Waals surface area contributed by atoms with Crippen molar-refractivity contribution in [2.45, 2.75) is 6.54 Å². The van der Waals surface area contributed by atoms with Crippen LogP contribution in [-0.2, 0) is 6.54 Å². The molecule has 1 saturated heterocycles. The highest BCUT2D eigenvalue weighted by atomic mass is 16.2. The molecule has 1 aliphatic heterocycles. The van der Waals surface area contributed by atoms with Crippen LogP contribution in [0, 0.1) is 0 Å². The van der Waals surface area contributed by atoms with E-state index < -0.39 is 0 Å². The minimum Gasteiger partial charge on any atom is -0.376 e. The van der Waals surface area contributed by atoms with Gasteiger partial charge in [0.2, 0.25) is 0 Å². The lowest BCUT2D eigenvalue weighted by Gasteiger charge is -2.33. The van der Waals surface area contributed by atoms with Crippen LogP contribution < -0.4 is 20.4 Å². The molecule has 0 aliphatic carbocycles. The molecule has 27 heavy (non-hydrogen) atoms. The molecule has 0 spiro atoms. The molecule has 7 heteroatoms. The number of anilines is 3. The fraction of sp³-hybridized carbons (Fsp3) is 0.400. The molecule has 0 bridgehead atoms. The smallest absolute Gasteiger partial charge is 0.319 e. The van der Waals surface area contributed by atoms with Gasteiger partial charge in [-0.1, -0.05) is 18.2 Å². The third-order valence-electron chi connectivity index (χ3n) is 4.72. The SMILES string of the molecule is CN1CCN(c2ccc(CNC(=O)Nc3ccccc3N(C)C)cn2)CC1. The van der Waals surface area contributed by atoms with Crippen molar-refractivity contribution in [3.63, 3.8) is 0 Å². The molecule has 1 aromatic carbocycles. The Labute approximate surface area is 161 Å². The van der Waals surface area contributed by atoms with E-state index >= 15 is 0 Å². The van der Waals surface area contributed by atoms with Crippen molar-refractivity contribution in [2.24, 2.45) is 0 Å².